The predicted octanol–water partition coefficient (Wildman–Crippen LogP) is 2.39. The molecule has 1 saturated heterocycles. The zero-order valence-electron chi connectivity index (χ0n) is 10.3. The van der Waals surface area contributed by atoms with Crippen LogP contribution in [-0.2, 0) is 10.2 Å². The molecular formula is C13H17ClO3. The number of halogens is 1. The molecule has 4 heteroatoms. The number of ether oxygens (including phenoxy) is 2. The molecule has 94 valence electrons. The van der Waals surface area contributed by atoms with Crippen molar-refractivity contribution in [1.82, 2.24) is 0 Å². The van der Waals surface area contributed by atoms with E-state index in [-0.39, 0.29) is 5.41 Å². The van der Waals surface area contributed by atoms with Crippen LogP contribution in [-0.4, -0.2) is 31.0 Å². The van der Waals surface area contributed by atoms with E-state index in [2.05, 4.69) is 0 Å². The highest BCUT2D eigenvalue weighted by Gasteiger charge is 2.51. The zero-order chi connectivity index (χ0) is 12.7. The van der Waals surface area contributed by atoms with Crippen LogP contribution < -0.4 is 4.74 Å². The van der Waals surface area contributed by atoms with Crippen molar-refractivity contribution >= 4 is 11.6 Å². The molecule has 0 bridgehead atoms. The monoisotopic (exact) mass is 256 g/mol. The number of rotatable bonds is 3. The van der Waals surface area contributed by atoms with E-state index < -0.39 is 5.60 Å². The molecule has 0 radical (unpaired) electrons. The van der Waals surface area contributed by atoms with Crippen LogP contribution in [0.25, 0.3) is 0 Å². The van der Waals surface area contributed by atoms with Crippen molar-refractivity contribution in [2.24, 2.45) is 0 Å². The van der Waals surface area contributed by atoms with E-state index in [4.69, 9.17) is 21.1 Å². The first kappa shape index (κ1) is 12.7. The van der Waals surface area contributed by atoms with Crippen molar-refractivity contribution in [3.63, 3.8) is 0 Å². The first-order valence-corrected chi connectivity index (χ1v) is 5.93. The largest absolute Gasteiger partial charge is 0.495 e. The van der Waals surface area contributed by atoms with Gasteiger partial charge in [-0.2, -0.15) is 0 Å². The van der Waals surface area contributed by atoms with Gasteiger partial charge in [0.25, 0.3) is 0 Å². The van der Waals surface area contributed by atoms with Gasteiger partial charge in [0.2, 0.25) is 0 Å². The van der Waals surface area contributed by atoms with Crippen LogP contribution in [0.1, 0.15) is 19.4 Å². The molecule has 1 fully saturated rings. The number of hydrogen-bond acceptors (Lipinski definition) is 3. The van der Waals surface area contributed by atoms with Gasteiger partial charge in [-0.15, -0.1) is 0 Å². The lowest BCUT2D eigenvalue weighted by Gasteiger charge is -2.50. The number of benzene rings is 1. The third-order valence-electron chi connectivity index (χ3n) is 3.57. The third kappa shape index (κ3) is 1.92. The summed E-state index contributed by atoms with van der Waals surface area (Å²) in [6.45, 7) is 4.62. The highest BCUT2D eigenvalue weighted by molar-refractivity contribution is 6.32. The Labute approximate surface area is 106 Å². The fraction of sp³-hybridized carbons (Fsp3) is 0.538. The molecule has 1 aromatic rings. The standard InChI is InChI=1S/C13H17ClO3/c1-12(2,15)13(7-17-8-13)9-4-5-11(16-3)10(14)6-9/h4-6,15H,7-8H2,1-3H3. The van der Waals surface area contributed by atoms with Crippen LogP contribution in [0, 0.1) is 0 Å². The quantitative estimate of drug-likeness (QED) is 0.903. The molecule has 1 heterocycles. The van der Waals surface area contributed by atoms with Crippen molar-refractivity contribution in [3.8, 4) is 5.75 Å². The molecule has 1 N–H and O–H groups in total. The topological polar surface area (TPSA) is 38.7 Å². The summed E-state index contributed by atoms with van der Waals surface area (Å²) < 4.78 is 10.4. The first-order chi connectivity index (χ1) is 7.90. The molecule has 2 rings (SSSR count). The molecule has 3 nitrogen and oxygen atoms in total. The van der Waals surface area contributed by atoms with Crippen LogP contribution in [0.15, 0.2) is 18.2 Å². The second-order valence-electron chi connectivity index (χ2n) is 4.98. The fourth-order valence-corrected chi connectivity index (χ4v) is 2.40. The van der Waals surface area contributed by atoms with Crippen LogP contribution >= 0.6 is 11.6 Å². The summed E-state index contributed by atoms with van der Waals surface area (Å²) in [6, 6.07) is 5.61. The Hall–Kier alpha value is -0.770. The summed E-state index contributed by atoms with van der Waals surface area (Å²) >= 11 is 6.12. The van der Waals surface area contributed by atoms with Gasteiger partial charge >= 0.3 is 0 Å². The third-order valence-corrected chi connectivity index (χ3v) is 3.87. The van der Waals surface area contributed by atoms with Crippen LogP contribution in [0.4, 0.5) is 0 Å². The SMILES string of the molecule is COc1ccc(C2(C(C)(C)O)COC2)cc1Cl. The van der Waals surface area contributed by atoms with Gasteiger partial charge in [-0.3, -0.25) is 0 Å². The van der Waals surface area contributed by atoms with Gasteiger partial charge in [0, 0.05) is 0 Å². The molecule has 0 aromatic heterocycles. The summed E-state index contributed by atoms with van der Waals surface area (Å²) in [5.41, 5.74) is -0.228. The summed E-state index contributed by atoms with van der Waals surface area (Å²) in [4.78, 5) is 0. The average Bonchev–Trinajstić information content (AvgIpc) is 2.13. The Balaban J connectivity index is 2.42. The summed E-state index contributed by atoms with van der Waals surface area (Å²) in [5.74, 6) is 0.640. The second kappa shape index (κ2) is 4.16. The molecule has 0 amide bonds. The van der Waals surface area contributed by atoms with E-state index in [1.165, 1.54) is 0 Å². The maximum absolute atomic E-state index is 10.3. The zero-order valence-corrected chi connectivity index (χ0v) is 11.0. The highest BCUT2D eigenvalue weighted by Crippen LogP contribution is 2.43. The first-order valence-electron chi connectivity index (χ1n) is 5.55. The maximum atomic E-state index is 10.3. The Bertz CT molecular complexity index is 419. The van der Waals surface area contributed by atoms with Gasteiger partial charge in [0.05, 0.1) is 36.4 Å². The smallest absolute Gasteiger partial charge is 0.137 e. The summed E-state index contributed by atoms with van der Waals surface area (Å²) in [5, 5.41) is 10.9. The molecule has 17 heavy (non-hydrogen) atoms. The minimum Gasteiger partial charge on any atom is -0.495 e. The number of aliphatic hydroxyl groups is 1. The van der Waals surface area contributed by atoms with E-state index in [1.807, 2.05) is 18.2 Å². The molecule has 0 spiro atoms. The Morgan fingerprint density at radius 2 is 2.06 bits per heavy atom. The lowest BCUT2D eigenvalue weighted by atomic mass is 9.67. The molecule has 0 aliphatic carbocycles. The minimum absolute atomic E-state index is 0.372. The molecule has 0 saturated carbocycles. The van der Waals surface area contributed by atoms with Gasteiger partial charge in [-0.25, -0.2) is 0 Å². The van der Waals surface area contributed by atoms with E-state index in [0.29, 0.717) is 24.0 Å². The Morgan fingerprint density at radius 3 is 2.41 bits per heavy atom. The molecule has 0 atom stereocenters. The van der Waals surface area contributed by atoms with Crippen LogP contribution in [0.3, 0.4) is 0 Å². The van der Waals surface area contributed by atoms with Gasteiger partial charge in [-0.05, 0) is 31.5 Å². The number of methoxy groups -OCH3 is 1. The van der Waals surface area contributed by atoms with E-state index in [9.17, 15) is 5.11 Å². The van der Waals surface area contributed by atoms with Crippen molar-refractivity contribution in [1.29, 1.82) is 0 Å². The van der Waals surface area contributed by atoms with Gasteiger partial charge in [0.1, 0.15) is 5.75 Å². The highest BCUT2D eigenvalue weighted by atomic mass is 35.5. The molecule has 0 unspecified atom stereocenters. The van der Waals surface area contributed by atoms with Crippen molar-refractivity contribution in [3.05, 3.63) is 28.8 Å². The van der Waals surface area contributed by atoms with Gasteiger partial charge in [-0.1, -0.05) is 17.7 Å². The minimum atomic E-state index is -0.844. The molecular weight excluding hydrogens is 240 g/mol. The lowest BCUT2D eigenvalue weighted by Crippen LogP contribution is -2.60. The lowest BCUT2D eigenvalue weighted by molar-refractivity contribution is -0.157. The molecule has 1 aliphatic rings. The maximum Gasteiger partial charge on any atom is 0.137 e. The number of hydrogen-bond donors (Lipinski definition) is 1. The van der Waals surface area contributed by atoms with Crippen LogP contribution in [0.2, 0.25) is 5.02 Å². The fourth-order valence-electron chi connectivity index (χ4n) is 2.14. The van der Waals surface area contributed by atoms with E-state index >= 15 is 0 Å². The normalized spacial score (nSPS) is 18.6. The second-order valence-corrected chi connectivity index (χ2v) is 5.39. The predicted molar refractivity (Wildman–Crippen MR) is 66.8 cm³/mol. The van der Waals surface area contributed by atoms with Crippen molar-refractivity contribution in [2.75, 3.05) is 20.3 Å². The average molecular weight is 257 g/mol. The van der Waals surface area contributed by atoms with Crippen molar-refractivity contribution < 1.29 is 14.6 Å². The van der Waals surface area contributed by atoms with Crippen molar-refractivity contribution in [2.45, 2.75) is 24.9 Å². The summed E-state index contributed by atoms with van der Waals surface area (Å²) in [6.07, 6.45) is 0. The Morgan fingerprint density at radius 1 is 1.41 bits per heavy atom. The van der Waals surface area contributed by atoms with E-state index in [0.717, 1.165) is 5.56 Å². The van der Waals surface area contributed by atoms with Gasteiger partial charge < -0.3 is 14.6 Å². The molecule has 1 aromatic carbocycles. The van der Waals surface area contributed by atoms with E-state index in [1.54, 1.807) is 21.0 Å². The molecule has 1 aliphatic heterocycles. The summed E-state index contributed by atoms with van der Waals surface area (Å²) in [7, 11) is 1.58. The Kier molecular flexibility index (Phi) is 3.10. The van der Waals surface area contributed by atoms with Crippen LogP contribution in [0.5, 0.6) is 5.75 Å². The van der Waals surface area contributed by atoms with Gasteiger partial charge in [0.15, 0.2) is 0 Å².